The fourth-order valence-electron chi connectivity index (χ4n) is 1.90. The second-order valence-electron chi connectivity index (χ2n) is 5.19. The van der Waals surface area contributed by atoms with Crippen molar-refractivity contribution in [2.75, 3.05) is 6.61 Å². The number of rotatable bonds is 7. The van der Waals surface area contributed by atoms with E-state index in [1.807, 2.05) is 0 Å². The van der Waals surface area contributed by atoms with Crippen LogP contribution >= 0.6 is 0 Å². The normalized spacial score (nSPS) is 20.0. The largest absolute Gasteiger partial charge is 0.391 e. The highest BCUT2D eigenvalue weighted by molar-refractivity contribution is 4.84. The second-order valence-corrected chi connectivity index (χ2v) is 5.19. The van der Waals surface area contributed by atoms with Crippen LogP contribution in [0.5, 0.6) is 0 Å². The molecule has 0 aromatic heterocycles. The van der Waals surface area contributed by atoms with Crippen molar-refractivity contribution in [2.45, 2.75) is 66.1 Å². The van der Waals surface area contributed by atoms with Crippen LogP contribution in [0, 0.1) is 11.8 Å². The monoisotopic (exact) mass is 216 g/mol. The van der Waals surface area contributed by atoms with Crippen molar-refractivity contribution in [3.63, 3.8) is 0 Å². The van der Waals surface area contributed by atoms with Crippen molar-refractivity contribution < 1.29 is 9.84 Å². The van der Waals surface area contributed by atoms with E-state index in [1.165, 1.54) is 12.8 Å². The SMILES string of the molecule is CCCC(C)C(C)(OCC(C)O)C(C)C. The van der Waals surface area contributed by atoms with Gasteiger partial charge in [0.15, 0.2) is 0 Å². The predicted octanol–water partition coefficient (Wildman–Crippen LogP) is 3.23. The number of ether oxygens (including phenoxy) is 1. The van der Waals surface area contributed by atoms with Crippen molar-refractivity contribution in [1.29, 1.82) is 0 Å². The highest BCUT2D eigenvalue weighted by Crippen LogP contribution is 2.33. The minimum absolute atomic E-state index is 0.118. The lowest BCUT2D eigenvalue weighted by atomic mass is 9.78. The number of hydrogen-bond donors (Lipinski definition) is 1. The van der Waals surface area contributed by atoms with Crippen molar-refractivity contribution in [2.24, 2.45) is 11.8 Å². The van der Waals surface area contributed by atoms with E-state index in [-0.39, 0.29) is 11.7 Å². The Kier molecular flexibility index (Phi) is 6.46. The van der Waals surface area contributed by atoms with Crippen molar-refractivity contribution in [1.82, 2.24) is 0 Å². The second kappa shape index (κ2) is 6.49. The van der Waals surface area contributed by atoms with Gasteiger partial charge < -0.3 is 9.84 Å². The molecule has 0 amide bonds. The lowest BCUT2D eigenvalue weighted by Crippen LogP contribution is -2.43. The molecule has 15 heavy (non-hydrogen) atoms. The molecule has 2 heteroatoms. The summed E-state index contributed by atoms with van der Waals surface area (Å²) in [6, 6.07) is 0. The summed E-state index contributed by atoms with van der Waals surface area (Å²) in [5.41, 5.74) is -0.118. The maximum atomic E-state index is 9.28. The van der Waals surface area contributed by atoms with Crippen LogP contribution in [-0.4, -0.2) is 23.4 Å². The van der Waals surface area contributed by atoms with E-state index in [9.17, 15) is 5.11 Å². The van der Waals surface area contributed by atoms with E-state index in [0.29, 0.717) is 18.4 Å². The van der Waals surface area contributed by atoms with E-state index in [4.69, 9.17) is 4.74 Å². The van der Waals surface area contributed by atoms with Gasteiger partial charge >= 0.3 is 0 Å². The Morgan fingerprint density at radius 3 is 2.07 bits per heavy atom. The number of aliphatic hydroxyl groups is 1. The van der Waals surface area contributed by atoms with Crippen molar-refractivity contribution in [3.05, 3.63) is 0 Å². The minimum Gasteiger partial charge on any atom is -0.391 e. The summed E-state index contributed by atoms with van der Waals surface area (Å²) >= 11 is 0. The molecule has 0 aromatic rings. The van der Waals surface area contributed by atoms with Crippen LogP contribution in [-0.2, 0) is 4.74 Å². The zero-order valence-electron chi connectivity index (χ0n) is 11.2. The zero-order chi connectivity index (χ0) is 12.1. The quantitative estimate of drug-likeness (QED) is 0.708. The number of hydrogen-bond acceptors (Lipinski definition) is 2. The fraction of sp³-hybridized carbons (Fsp3) is 1.00. The van der Waals surface area contributed by atoms with Crippen molar-refractivity contribution in [3.8, 4) is 0 Å². The molecule has 0 spiro atoms. The predicted molar refractivity (Wildman–Crippen MR) is 64.9 cm³/mol. The first-order valence-corrected chi connectivity index (χ1v) is 6.16. The maximum absolute atomic E-state index is 9.28. The Hall–Kier alpha value is -0.0800. The smallest absolute Gasteiger partial charge is 0.0745 e. The molecule has 0 heterocycles. The lowest BCUT2D eigenvalue weighted by Gasteiger charge is -2.40. The molecule has 0 aromatic carbocycles. The van der Waals surface area contributed by atoms with Gasteiger partial charge in [-0.05, 0) is 32.1 Å². The molecular formula is C13H28O2. The molecule has 0 saturated heterocycles. The molecule has 0 fully saturated rings. The van der Waals surface area contributed by atoms with Crippen LogP contribution in [0.4, 0.5) is 0 Å². The highest BCUT2D eigenvalue weighted by atomic mass is 16.5. The Bertz CT molecular complexity index is 166. The van der Waals surface area contributed by atoms with Gasteiger partial charge in [0.1, 0.15) is 0 Å². The average Bonchev–Trinajstić information content (AvgIpc) is 2.14. The van der Waals surface area contributed by atoms with Gasteiger partial charge in [-0.3, -0.25) is 0 Å². The van der Waals surface area contributed by atoms with Crippen LogP contribution in [0.1, 0.15) is 54.4 Å². The van der Waals surface area contributed by atoms with Crippen LogP contribution in [0.25, 0.3) is 0 Å². The minimum atomic E-state index is -0.378. The van der Waals surface area contributed by atoms with Gasteiger partial charge in [0.05, 0.1) is 18.3 Å². The molecule has 0 aliphatic rings. The van der Waals surface area contributed by atoms with Gasteiger partial charge in [0, 0.05) is 0 Å². The topological polar surface area (TPSA) is 29.5 Å². The van der Waals surface area contributed by atoms with Gasteiger partial charge in [-0.2, -0.15) is 0 Å². The number of aliphatic hydroxyl groups excluding tert-OH is 1. The van der Waals surface area contributed by atoms with Crippen molar-refractivity contribution >= 4 is 0 Å². The van der Waals surface area contributed by atoms with Crippen LogP contribution in [0.3, 0.4) is 0 Å². The van der Waals surface area contributed by atoms with Crippen LogP contribution in [0.15, 0.2) is 0 Å². The summed E-state index contributed by atoms with van der Waals surface area (Å²) in [7, 11) is 0. The third-order valence-electron chi connectivity index (χ3n) is 3.48. The molecule has 0 saturated carbocycles. The summed E-state index contributed by atoms with van der Waals surface area (Å²) < 4.78 is 5.92. The van der Waals surface area contributed by atoms with Gasteiger partial charge in [-0.1, -0.05) is 34.1 Å². The molecule has 2 nitrogen and oxygen atoms in total. The Morgan fingerprint density at radius 1 is 1.20 bits per heavy atom. The average molecular weight is 216 g/mol. The van der Waals surface area contributed by atoms with E-state index in [1.54, 1.807) is 6.92 Å². The standard InChI is InChI=1S/C13H28O2/c1-7-8-11(4)13(6,10(2)3)15-9-12(5)14/h10-12,14H,7-9H2,1-6H3. The zero-order valence-corrected chi connectivity index (χ0v) is 11.2. The summed E-state index contributed by atoms with van der Waals surface area (Å²) in [5, 5.41) is 9.28. The first-order chi connectivity index (χ1) is 6.84. The summed E-state index contributed by atoms with van der Waals surface area (Å²) in [6.07, 6.45) is 1.98. The van der Waals surface area contributed by atoms with Gasteiger partial charge in [-0.25, -0.2) is 0 Å². The van der Waals surface area contributed by atoms with Gasteiger partial charge in [0.25, 0.3) is 0 Å². The van der Waals surface area contributed by atoms with E-state index < -0.39 is 0 Å². The molecule has 92 valence electrons. The molecule has 0 aliphatic heterocycles. The van der Waals surface area contributed by atoms with E-state index in [2.05, 4.69) is 34.6 Å². The van der Waals surface area contributed by atoms with Gasteiger partial charge in [-0.15, -0.1) is 0 Å². The summed E-state index contributed by atoms with van der Waals surface area (Å²) in [4.78, 5) is 0. The Balaban J connectivity index is 4.43. The van der Waals surface area contributed by atoms with Gasteiger partial charge in [0.2, 0.25) is 0 Å². The fourth-order valence-corrected chi connectivity index (χ4v) is 1.90. The lowest BCUT2D eigenvalue weighted by molar-refractivity contribution is -0.123. The maximum Gasteiger partial charge on any atom is 0.0745 e. The Labute approximate surface area is 95.0 Å². The third kappa shape index (κ3) is 4.52. The van der Waals surface area contributed by atoms with E-state index in [0.717, 1.165) is 0 Å². The summed E-state index contributed by atoms with van der Waals surface area (Å²) in [5.74, 6) is 0.999. The van der Waals surface area contributed by atoms with Crippen LogP contribution < -0.4 is 0 Å². The molecule has 0 bridgehead atoms. The first-order valence-electron chi connectivity index (χ1n) is 6.16. The molecule has 3 unspecified atom stereocenters. The molecular weight excluding hydrogens is 188 g/mol. The van der Waals surface area contributed by atoms with E-state index >= 15 is 0 Å². The molecule has 0 radical (unpaired) electrons. The molecule has 1 N–H and O–H groups in total. The first kappa shape index (κ1) is 14.9. The molecule has 0 rings (SSSR count). The molecule has 0 aliphatic carbocycles. The summed E-state index contributed by atoms with van der Waals surface area (Å²) in [6.45, 7) is 13.2. The molecule has 3 atom stereocenters. The highest BCUT2D eigenvalue weighted by Gasteiger charge is 2.35. The Morgan fingerprint density at radius 2 is 1.73 bits per heavy atom. The van der Waals surface area contributed by atoms with Crippen LogP contribution in [0.2, 0.25) is 0 Å². The third-order valence-corrected chi connectivity index (χ3v) is 3.48.